The summed E-state index contributed by atoms with van der Waals surface area (Å²) in [6, 6.07) is 0.309. The molecule has 86 valence electrons. The number of hydrogen-bond acceptors (Lipinski definition) is 1. The highest BCUT2D eigenvalue weighted by molar-refractivity contribution is 4.63. The first kappa shape index (κ1) is 13.8. The molecule has 0 aliphatic carbocycles. The van der Waals surface area contributed by atoms with Gasteiger partial charge in [0.2, 0.25) is 0 Å². The number of halogens is 3. The lowest BCUT2D eigenvalue weighted by molar-refractivity contribution is -0.135. The molecule has 0 aliphatic rings. The first-order valence-electron chi connectivity index (χ1n) is 5.11. The van der Waals surface area contributed by atoms with Gasteiger partial charge in [0.1, 0.15) is 0 Å². The van der Waals surface area contributed by atoms with Gasteiger partial charge in [-0.1, -0.05) is 13.8 Å². The molecule has 0 radical (unpaired) electrons. The summed E-state index contributed by atoms with van der Waals surface area (Å²) in [6.45, 7) is 6.67. The van der Waals surface area contributed by atoms with E-state index in [9.17, 15) is 13.2 Å². The fraction of sp³-hybridized carbons (Fsp3) is 1.00. The maximum atomic E-state index is 11.8. The van der Waals surface area contributed by atoms with Gasteiger partial charge in [0.05, 0.1) is 0 Å². The Bertz CT molecular complexity index is 143. The molecule has 0 aromatic rings. The molecule has 0 saturated heterocycles. The Morgan fingerprint density at radius 1 is 1.14 bits per heavy atom. The minimum atomic E-state index is -4.01. The van der Waals surface area contributed by atoms with Crippen molar-refractivity contribution in [3.63, 3.8) is 0 Å². The fourth-order valence-corrected chi connectivity index (χ4v) is 1.43. The molecular weight excluding hydrogens is 191 g/mol. The van der Waals surface area contributed by atoms with Gasteiger partial charge < -0.3 is 5.32 Å². The van der Waals surface area contributed by atoms with Crippen LogP contribution in [0, 0.1) is 5.92 Å². The third kappa shape index (κ3) is 9.84. The second-order valence-corrected chi connectivity index (χ2v) is 4.20. The Labute approximate surface area is 84.1 Å². The second-order valence-electron chi connectivity index (χ2n) is 4.20. The van der Waals surface area contributed by atoms with Crippen molar-refractivity contribution in [3.8, 4) is 0 Å². The summed E-state index contributed by atoms with van der Waals surface area (Å²) in [6.07, 6.45) is -3.52. The van der Waals surface area contributed by atoms with Crippen molar-refractivity contribution >= 4 is 0 Å². The zero-order chi connectivity index (χ0) is 11.2. The molecule has 0 bridgehead atoms. The molecule has 0 heterocycles. The predicted octanol–water partition coefficient (Wildman–Crippen LogP) is 3.35. The van der Waals surface area contributed by atoms with Crippen molar-refractivity contribution in [2.24, 2.45) is 5.92 Å². The Kier molecular flexibility index (Phi) is 6.16. The van der Waals surface area contributed by atoms with Gasteiger partial charge in [-0.05, 0) is 32.2 Å². The molecule has 1 atom stereocenters. The van der Waals surface area contributed by atoms with Crippen molar-refractivity contribution in [1.29, 1.82) is 0 Å². The summed E-state index contributed by atoms with van der Waals surface area (Å²) >= 11 is 0. The molecule has 1 unspecified atom stereocenters. The molecule has 0 amide bonds. The molecule has 0 rings (SSSR count). The van der Waals surface area contributed by atoms with E-state index in [0.29, 0.717) is 18.5 Å². The molecular formula is C10H20F3N. The summed E-state index contributed by atoms with van der Waals surface area (Å²) < 4.78 is 35.3. The predicted molar refractivity (Wildman–Crippen MR) is 52.2 cm³/mol. The van der Waals surface area contributed by atoms with Gasteiger partial charge in [0.25, 0.3) is 0 Å². The summed E-state index contributed by atoms with van der Waals surface area (Å²) in [5, 5.41) is 3.09. The molecule has 1 nitrogen and oxygen atoms in total. The molecule has 0 aromatic heterocycles. The quantitative estimate of drug-likeness (QED) is 0.664. The van der Waals surface area contributed by atoms with Crippen LogP contribution in [0.2, 0.25) is 0 Å². The maximum Gasteiger partial charge on any atom is 0.389 e. The van der Waals surface area contributed by atoms with Gasteiger partial charge in [-0.3, -0.25) is 0 Å². The molecule has 0 aromatic carbocycles. The molecule has 0 fully saturated rings. The lowest BCUT2D eigenvalue weighted by Crippen LogP contribution is -2.29. The SMILES string of the molecule is CC(C)CC(C)NCCCC(F)(F)F. The van der Waals surface area contributed by atoms with Crippen LogP contribution < -0.4 is 5.32 Å². The number of hydrogen-bond donors (Lipinski definition) is 1. The first-order valence-corrected chi connectivity index (χ1v) is 5.11. The van der Waals surface area contributed by atoms with Gasteiger partial charge >= 0.3 is 6.18 Å². The third-order valence-corrected chi connectivity index (χ3v) is 1.95. The van der Waals surface area contributed by atoms with E-state index in [-0.39, 0.29) is 6.42 Å². The van der Waals surface area contributed by atoms with Gasteiger partial charge in [-0.2, -0.15) is 13.2 Å². The average Bonchev–Trinajstić information content (AvgIpc) is 1.95. The largest absolute Gasteiger partial charge is 0.389 e. The summed E-state index contributed by atoms with van der Waals surface area (Å²) in [4.78, 5) is 0. The smallest absolute Gasteiger partial charge is 0.314 e. The van der Waals surface area contributed by atoms with E-state index in [1.165, 1.54) is 0 Å². The van der Waals surface area contributed by atoms with Crippen molar-refractivity contribution in [3.05, 3.63) is 0 Å². The Hall–Kier alpha value is -0.250. The van der Waals surface area contributed by atoms with Crippen LogP contribution in [0.5, 0.6) is 0 Å². The van der Waals surface area contributed by atoms with E-state index in [0.717, 1.165) is 6.42 Å². The van der Waals surface area contributed by atoms with Crippen LogP contribution in [0.3, 0.4) is 0 Å². The second kappa shape index (κ2) is 6.27. The van der Waals surface area contributed by atoms with E-state index in [1.54, 1.807) is 0 Å². The van der Waals surface area contributed by atoms with Crippen LogP contribution in [0.15, 0.2) is 0 Å². The van der Waals surface area contributed by atoms with Gasteiger partial charge in [0.15, 0.2) is 0 Å². The third-order valence-electron chi connectivity index (χ3n) is 1.95. The van der Waals surface area contributed by atoms with E-state index >= 15 is 0 Å². The van der Waals surface area contributed by atoms with Crippen LogP contribution in [-0.2, 0) is 0 Å². The van der Waals surface area contributed by atoms with Crippen LogP contribution in [0.25, 0.3) is 0 Å². The monoisotopic (exact) mass is 211 g/mol. The van der Waals surface area contributed by atoms with Crippen molar-refractivity contribution in [2.45, 2.75) is 52.3 Å². The number of alkyl halides is 3. The van der Waals surface area contributed by atoms with E-state index in [1.807, 2.05) is 6.92 Å². The van der Waals surface area contributed by atoms with Crippen LogP contribution >= 0.6 is 0 Å². The topological polar surface area (TPSA) is 12.0 Å². The Morgan fingerprint density at radius 2 is 1.71 bits per heavy atom. The number of rotatable bonds is 6. The number of nitrogens with one attached hydrogen (secondary N) is 1. The average molecular weight is 211 g/mol. The lowest BCUT2D eigenvalue weighted by atomic mass is 10.1. The van der Waals surface area contributed by atoms with E-state index in [4.69, 9.17) is 0 Å². The van der Waals surface area contributed by atoms with Crippen molar-refractivity contribution < 1.29 is 13.2 Å². The highest BCUT2D eigenvalue weighted by Crippen LogP contribution is 2.20. The zero-order valence-electron chi connectivity index (χ0n) is 9.12. The van der Waals surface area contributed by atoms with Crippen molar-refractivity contribution in [1.82, 2.24) is 5.32 Å². The molecule has 14 heavy (non-hydrogen) atoms. The summed E-state index contributed by atoms with van der Waals surface area (Å²) in [5.41, 5.74) is 0. The van der Waals surface area contributed by atoms with Crippen LogP contribution in [0.4, 0.5) is 13.2 Å². The zero-order valence-corrected chi connectivity index (χ0v) is 9.12. The maximum absolute atomic E-state index is 11.8. The van der Waals surface area contributed by atoms with Gasteiger partial charge in [-0.15, -0.1) is 0 Å². The van der Waals surface area contributed by atoms with Gasteiger partial charge in [0, 0.05) is 12.5 Å². The Balaban J connectivity index is 3.36. The molecule has 0 aliphatic heterocycles. The van der Waals surface area contributed by atoms with E-state index < -0.39 is 12.6 Å². The molecule has 1 N–H and O–H groups in total. The molecule has 0 saturated carbocycles. The highest BCUT2D eigenvalue weighted by atomic mass is 19.4. The first-order chi connectivity index (χ1) is 6.31. The minimum Gasteiger partial charge on any atom is -0.314 e. The summed E-state index contributed by atoms with van der Waals surface area (Å²) in [7, 11) is 0. The van der Waals surface area contributed by atoms with Crippen LogP contribution in [-0.4, -0.2) is 18.8 Å². The van der Waals surface area contributed by atoms with Crippen LogP contribution in [0.1, 0.15) is 40.0 Å². The van der Waals surface area contributed by atoms with Gasteiger partial charge in [-0.25, -0.2) is 0 Å². The van der Waals surface area contributed by atoms with E-state index in [2.05, 4.69) is 19.2 Å². The summed E-state index contributed by atoms with van der Waals surface area (Å²) in [5.74, 6) is 0.583. The fourth-order valence-electron chi connectivity index (χ4n) is 1.43. The molecule has 4 heteroatoms. The highest BCUT2D eigenvalue weighted by Gasteiger charge is 2.25. The normalized spacial score (nSPS) is 14.8. The van der Waals surface area contributed by atoms with Crippen molar-refractivity contribution in [2.75, 3.05) is 6.54 Å². The lowest BCUT2D eigenvalue weighted by Gasteiger charge is -2.16. The minimum absolute atomic E-state index is 0.173. The molecule has 0 spiro atoms. The standard InChI is InChI=1S/C10H20F3N/c1-8(2)7-9(3)14-6-4-5-10(11,12)13/h8-9,14H,4-7H2,1-3H3. The Morgan fingerprint density at radius 3 is 2.14 bits per heavy atom.